The number of hydrogen-bond donors (Lipinski definition) is 3. The van der Waals surface area contributed by atoms with E-state index in [1.165, 1.54) is 7.05 Å². The molecule has 25 heavy (non-hydrogen) atoms. The van der Waals surface area contributed by atoms with Crippen LogP contribution in [0.15, 0.2) is 30.3 Å². The molecule has 0 aliphatic carbocycles. The van der Waals surface area contributed by atoms with E-state index in [2.05, 4.69) is 4.72 Å². The van der Waals surface area contributed by atoms with Crippen molar-refractivity contribution in [2.24, 2.45) is 5.73 Å². The van der Waals surface area contributed by atoms with Crippen molar-refractivity contribution in [1.82, 2.24) is 4.72 Å². The molecule has 0 heterocycles. The predicted molar refractivity (Wildman–Crippen MR) is 94.8 cm³/mol. The highest BCUT2D eigenvalue weighted by molar-refractivity contribution is 7.90. The van der Waals surface area contributed by atoms with E-state index in [0.29, 0.717) is 6.42 Å². The molecule has 0 bridgehead atoms. The Hall–Kier alpha value is -1.51. The maximum Gasteiger partial charge on any atom is 0.254 e. The zero-order valence-corrected chi connectivity index (χ0v) is 15.3. The lowest BCUT2D eigenvalue weighted by atomic mass is 9.97. The molecule has 0 saturated carbocycles. The summed E-state index contributed by atoms with van der Waals surface area (Å²) in [6, 6.07) is 9.41. The quantitative estimate of drug-likeness (QED) is 0.539. The number of rotatable bonds is 11. The van der Waals surface area contributed by atoms with E-state index in [9.17, 15) is 22.7 Å². The Labute approximate surface area is 148 Å². The maximum atomic E-state index is 14.0. The molecule has 0 aromatic heterocycles. The van der Waals surface area contributed by atoms with Gasteiger partial charge in [0.15, 0.2) is 5.67 Å². The molecule has 6 nitrogen and oxygen atoms in total. The normalized spacial score (nSPS) is 16.8. The number of benzene rings is 1. The minimum atomic E-state index is -3.74. The average molecular weight is 373 g/mol. The van der Waals surface area contributed by atoms with Gasteiger partial charge in [-0.05, 0) is 51.6 Å². The molecule has 0 saturated heterocycles. The van der Waals surface area contributed by atoms with Gasteiger partial charge in [0.05, 0.1) is 11.4 Å². The Morgan fingerprint density at radius 1 is 1.40 bits per heavy atom. The Morgan fingerprint density at radius 2 is 2.00 bits per heavy atom. The zero-order valence-electron chi connectivity index (χ0n) is 14.5. The molecule has 141 valence electrons. The Bertz CT molecular complexity index is 650. The minimum Gasteiger partial charge on any atom is -0.393 e. The molecule has 3 atom stereocenters. The first-order valence-electron chi connectivity index (χ1n) is 8.05. The van der Waals surface area contributed by atoms with Crippen molar-refractivity contribution in [1.29, 1.82) is 0 Å². The van der Waals surface area contributed by atoms with E-state index in [-0.39, 0.29) is 19.3 Å². The fraction of sp³-hybridized carbons (Fsp3) is 0.529. The van der Waals surface area contributed by atoms with Crippen LogP contribution in [0, 0.1) is 6.42 Å². The highest BCUT2D eigenvalue weighted by Crippen LogP contribution is 2.23. The van der Waals surface area contributed by atoms with Crippen LogP contribution in [0.2, 0.25) is 0 Å². The van der Waals surface area contributed by atoms with E-state index >= 15 is 0 Å². The van der Waals surface area contributed by atoms with Crippen molar-refractivity contribution in [2.45, 2.75) is 49.6 Å². The number of nitrogens with one attached hydrogen (secondary N) is 1. The summed E-state index contributed by atoms with van der Waals surface area (Å²) < 4.78 is 40.4. The van der Waals surface area contributed by atoms with Gasteiger partial charge in [-0.15, -0.1) is 0 Å². The molecule has 1 unspecified atom stereocenters. The van der Waals surface area contributed by atoms with Gasteiger partial charge < -0.3 is 10.8 Å². The van der Waals surface area contributed by atoms with Crippen molar-refractivity contribution >= 4 is 15.9 Å². The summed E-state index contributed by atoms with van der Waals surface area (Å²) >= 11 is 0. The second-order valence-electron chi connectivity index (χ2n) is 6.20. The number of aliphatic hydroxyl groups is 1. The number of sulfonamides is 1. The Kier molecular flexibility index (Phi) is 7.98. The Morgan fingerprint density at radius 3 is 2.52 bits per heavy atom. The van der Waals surface area contributed by atoms with Crippen LogP contribution in [0.5, 0.6) is 0 Å². The van der Waals surface area contributed by atoms with Crippen LogP contribution in [0.4, 0.5) is 4.39 Å². The number of halogens is 1. The average Bonchev–Trinajstić information content (AvgIpc) is 2.57. The lowest BCUT2D eigenvalue weighted by Gasteiger charge is -2.23. The summed E-state index contributed by atoms with van der Waals surface area (Å²) in [4.78, 5) is 11.1. The molecule has 8 heteroatoms. The van der Waals surface area contributed by atoms with E-state index in [1.54, 1.807) is 6.42 Å². The van der Waals surface area contributed by atoms with Crippen molar-refractivity contribution in [2.75, 3.05) is 7.05 Å². The second kappa shape index (κ2) is 9.26. The largest absolute Gasteiger partial charge is 0.393 e. The van der Waals surface area contributed by atoms with Gasteiger partial charge in [0, 0.05) is 0 Å². The van der Waals surface area contributed by atoms with Crippen molar-refractivity contribution < 1.29 is 22.7 Å². The highest BCUT2D eigenvalue weighted by atomic mass is 32.2. The van der Waals surface area contributed by atoms with Gasteiger partial charge in [-0.2, -0.15) is 0 Å². The number of aliphatic hydroxyl groups excluding tert-OH is 1. The summed E-state index contributed by atoms with van der Waals surface area (Å²) in [5, 5.41) is 9.11. The third-order valence-corrected chi connectivity index (χ3v) is 6.02. The van der Waals surface area contributed by atoms with Crippen LogP contribution >= 0.6 is 0 Å². The van der Waals surface area contributed by atoms with E-state index in [4.69, 9.17) is 5.73 Å². The third kappa shape index (κ3) is 7.09. The number of carbonyl (C=O) groups is 1. The zero-order chi connectivity index (χ0) is 19.1. The van der Waals surface area contributed by atoms with Gasteiger partial charge in [-0.3, -0.25) is 4.79 Å². The molecule has 1 radical (unpaired) electrons. The van der Waals surface area contributed by atoms with Gasteiger partial charge in [0.25, 0.3) is 5.91 Å². The van der Waals surface area contributed by atoms with Crippen LogP contribution in [-0.4, -0.2) is 43.5 Å². The van der Waals surface area contributed by atoms with Gasteiger partial charge >= 0.3 is 0 Å². The SMILES string of the molecule is CNS(=O)(=O)[C@H](CCC(C)(F)C(N)=O)C[C@@H](O)[CH]Cc1ccccc1. The molecular weight excluding hydrogens is 347 g/mol. The molecule has 1 aromatic rings. The first-order chi connectivity index (χ1) is 11.6. The number of nitrogens with two attached hydrogens (primary N) is 1. The molecule has 4 N–H and O–H groups in total. The first kappa shape index (κ1) is 21.5. The molecular formula is C17H26FN2O4S. The predicted octanol–water partition coefficient (Wildman–Crippen LogP) is 1.10. The minimum absolute atomic E-state index is 0.0924. The highest BCUT2D eigenvalue weighted by Gasteiger charge is 2.34. The number of hydrogen-bond acceptors (Lipinski definition) is 4. The van der Waals surface area contributed by atoms with Crippen molar-refractivity contribution in [3.8, 4) is 0 Å². The molecule has 0 aliphatic heterocycles. The number of alkyl halides is 1. The molecule has 1 amide bonds. The van der Waals surface area contributed by atoms with E-state index < -0.39 is 33.0 Å². The Balaban J connectivity index is 2.68. The lowest BCUT2D eigenvalue weighted by Crippen LogP contribution is -2.40. The van der Waals surface area contributed by atoms with E-state index in [1.807, 2.05) is 30.3 Å². The molecule has 1 aromatic carbocycles. The maximum absolute atomic E-state index is 14.0. The van der Waals surface area contributed by atoms with Gasteiger partial charge in [0.2, 0.25) is 10.0 Å². The lowest BCUT2D eigenvalue weighted by molar-refractivity contribution is -0.128. The summed E-state index contributed by atoms with van der Waals surface area (Å²) in [6.07, 6.45) is 0.555. The fourth-order valence-corrected chi connectivity index (χ4v) is 3.59. The van der Waals surface area contributed by atoms with Gasteiger partial charge in [-0.25, -0.2) is 17.5 Å². The summed E-state index contributed by atoms with van der Waals surface area (Å²) in [7, 11) is -2.48. The fourth-order valence-electron chi connectivity index (χ4n) is 2.37. The topological polar surface area (TPSA) is 109 Å². The van der Waals surface area contributed by atoms with Crippen LogP contribution in [0.25, 0.3) is 0 Å². The molecule has 0 aliphatic rings. The summed E-state index contributed by atoms with van der Waals surface area (Å²) in [6.45, 7) is 1.02. The van der Waals surface area contributed by atoms with Crippen LogP contribution in [-0.2, 0) is 21.2 Å². The molecule has 0 spiro atoms. The number of carbonyl (C=O) groups excluding carboxylic acids is 1. The van der Waals surface area contributed by atoms with E-state index in [0.717, 1.165) is 12.5 Å². The van der Waals surface area contributed by atoms with Crippen molar-refractivity contribution in [3.05, 3.63) is 42.3 Å². The smallest absolute Gasteiger partial charge is 0.254 e. The van der Waals surface area contributed by atoms with Gasteiger partial charge in [0.1, 0.15) is 0 Å². The third-order valence-electron chi connectivity index (χ3n) is 4.15. The monoisotopic (exact) mass is 373 g/mol. The number of primary amides is 1. The summed E-state index contributed by atoms with van der Waals surface area (Å²) in [5.41, 5.74) is 3.67. The molecule has 1 rings (SSSR count). The first-order valence-corrected chi connectivity index (χ1v) is 9.59. The number of amides is 1. The molecule has 0 fully saturated rings. The van der Waals surface area contributed by atoms with Crippen molar-refractivity contribution in [3.63, 3.8) is 0 Å². The second-order valence-corrected chi connectivity index (χ2v) is 8.36. The van der Waals surface area contributed by atoms with Crippen LogP contribution in [0.3, 0.4) is 0 Å². The van der Waals surface area contributed by atoms with Crippen LogP contribution < -0.4 is 10.5 Å². The standard InChI is InChI=1S/C17H26FN2O4S/c1-17(18,16(19)22)11-10-15(25(23,24)20-2)12-14(21)9-8-13-6-4-3-5-7-13/h3-7,9,14-15,20-21H,8,10-12H2,1-2H3,(H2,19,22)/t14-,15+,17?/m0/s1. The summed E-state index contributed by atoms with van der Waals surface area (Å²) in [5.74, 6) is -1.13. The van der Waals surface area contributed by atoms with Gasteiger partial charge in [-0.1, -0.05) is 30.3 Å². The van der Waals surface area contributed by atoms with Crippen LogP contribution in [0.1, 0.15) is 31.7 Å².